The summed E-state index contributed by atoms with van der Waals surface area (Å²) < 4.78 is 0. The number of anilines is 1. The number of aromatic nitrogens is 2. The number of hydrogen-bond donors (Lipinski definition) is 0. The van der Waals surface area contributed by atoms with Gasteiger partial charge < -0.3 is 0 Å². The fourth-order valence-corrected chi connectivity index (χ4v) is 2.02. The van der Waals surface area contributed by atoms with Gasteiger partial charge in [0.1, 0.15) is 5.82 Å². The van der Waals surface area contributed by atoms with Gasteiger partial charge in [0.2, 0.25) is 5.91 Å². The average Bonchev–Trinajstić information content (AvgIpc) is 2.90. The molecule has 4 nitrogen and oxygen atoms in total. The van der Waals surface area contributed by atoms with Crippen LogP contribution in [0.15, 0.2) is 35.3 Å². The highest BCUT2D eigenvalue weighted by Crippen LogP contribution is 2.13. The Kier molecular flexibility index (Phi) is 3.82. The molecule has 0 aliphatic rings. The third kappa shape index (κ3) is 3.10. The van der Waals surface area contributed by atoms with Gasteiger partial charge in [0.25, 0.3) is 0 Å². The zero-order valence-corrected chi connectivity index (χ0v) is 10.4. The van der Waals surface area contributed by atoms with Crippen molar-refractivity contribution in [3.05, 3.63) is 41.0 Å². The molecule has 2 aromatic heterocycles. The molecule has 0 saturated carbocycles. The van der Waals surface area contributed by atoms with E-state index in [1.807, 2.05) is 23.6 Å². The Morgan fingerprint density at radius 3 is 2.94 bits per heavy atom. The van der Waals surface area contributed by atoms with E-state index >= 15 is 0 Å². The first-order valence-corrected chi connectivity index (χ1v) is 6.26. The average molecular weight is 247 g/mol. The van der Waals surface area contributed by atoms with E-state index in [9.17, 15) is 4.79 Å². The first kappa shape index (κ1) is 11.7. The van der Waals surface area contributed by atoms with Crippen LogP contribution in [0, 0.1) is 0 Å². The topological polar surface area (TPSA) is 46.1 Å². The minimum absolute atomic E-state index is 0.0570. The number of carbonyl (C=O) groups is 1. The second-order valence-electron chi connectivity index (χ2n) is 3.62. The van der Waals surface area contributed by atoms with Crippen LogP contribution in [0.2, 0.25) is 0 Å². The highest BCUT2D eigenvalue weighted by molar-refractivity contribution is 7.07. The number of pyridine rings is 1. The van der Waals surface area contributed by atoms with Crippen LogP contribution in [0.3, 0.4) is 0 Å². The van der Waals surface area contributed by atoms with E-state index < -0.39 is 0 Å². The number of nitrogens with zero attached hydrogens (tertiary/aromatic N) is 3. The lowest BCUT2D eigenvalue weighted by atomic mass is 10.2. The smallest absolute Gasteiger partial charge is 0.228 e. The molecule has 88 valence electrons. The van der Waals surface area contributed by atoms with Crippen LogP contribution in [-0.2, 0) is 11.2 Å². The van der Waals surface area contributed by atoms with E-state index in [0.717, 1.165) is 5.69 Å². The number of hydrogen-bond acceptors (Lipinski definition) is 4. The predicted molar refractivity (Wildman–Crippen MR) is 68.1 cm³/mol. The molecule has 2 rings (SSSR count). The molecule has 0 bridgehead atoms. The van der Waals surface area contributed by atoms with Crippen molar-refractivity contribution in [2.75, 3.05) is 11.9 Å². The van der Waals surface area contributed by atoms with Crippen LogP contribution in [-0.4, -0.2) is 22.9 Å². The Balaban J connectivity index is 1.90. The molecule has 0 radical (unpaired) electrons. The summed E-state index contributed by atoms with van der Waals surface area (Å²) in [4.78, 5) is 21.7. The molecule has 0 fully saturated rings. The molecule has 0 saturated heterocycles. The first-order chi connectivity index (χ1) is 8.27. The van der Waals surface area contributed by atoms with E-state index in [2.05, 4.69) is 9.97 Å². The Labute approximate surface area is 104 Å². The van der Waals surface area contributed by atoms with Crippen molar-refractivity contribution in [1.29, 1.82) is 0 Å². The summed E-state index contributed by atoms with van der Waals surface area (Å²) in [7, 11) is 1.75. The normalized spacial score (nSPS) is 10.2. The summed E-state index contributed by atoms with van der Waals surface area (Å²) in [6, 6.07) is 5.72. The summed E-state index contributed by atoms with van der Waals surface area (Å²) in [6.45, 7) is 0. The summed E-state index contributed by atoms with van der Waals surface area (Å²) in [5, 5.41) is 1.86. The van der Waals surface area contributed by atoms with Crippen molar-refractivity contribution in [1.82, 2.24) is 9.97 Å². The summed E-state index contributed by atoms with van der Waals surface area (Å²) in [5.74, 6) is 0.766. The molecule has 17 heavy (non-hydrogen) atoms. The molecule has 0 aromatic carbocycles. The molecule has 5 heteroatoms. The third-order valence-electron chi connectivity index (χ3n) is 2.46. The van der Waals surface area contributed by atoms with E-state index in [4.69, 9.17) is 0 Å². The number of thiazole rings is 1. The molecule has 2 heterocycles. The van der Waals surface area contributed by atoms with E-state index in [1.165, 1.54) is 11.3 Å². The van der Waals surface area contributed by atoms with Gasteiger partial charge in [0.15, 0.2) is 0 Å². The third-order valence-corrected chi connectivity index (χ3v) is 3.03. The minimum Gasteiger partial charge on any atom is -0.299 e. The molecule has 1 amide bonds. The highest BCUT2D eigenvalue weighted by atomic mass is 32.1. The van der Waals surface area contributed by atoms with Gasteiger partial charge in [-0.2, -0.15) is 0 Å². The van der Waals surface area contributed by atoms with Gasteiger partial charge in [-0.25, -0.2) is 4.98 Å². The summed E-state index contributed by atoms with van der Waals surface area (Å²) in [5.41, 5.74) is 2.66. The second-order valence-corrected chi connectivity index (χ2v) is 4.34. The minimum atomic E-state index is 0.0570. The number of rotatable bonds is 4. The molecule has 0 unspecified atom stereocenters. The van der Waals surface area contributed by atoms with Crippen LogP contribution >= 0.6 is 11.3 Å². The van der Waals surface area contributed by atoms with Gasteiger partial charge in [-0.15, -0.1) is 11.3 Å². The maximum atomic E-state index is 11.9. The van der Waals surface area contributed by atoms with Crippen molar-refractivity contribution < 1.29 is 4.79 Å². The highest BCUT2D eigenvalue weighted by Gasteiger charge is 2.12. The van der Waals surface area contributed by atoms with Crippen molar-refractivity contribution in [3.63, 3.8) is 0 Å². The standard InChI is InChI=1S/C12H13N3OS/c1-15(11-8-17-9-14-11)12(16)6-5-10-4-2-3-7-13-10/h2-4,7-9H,5-6H2,1H3. The lowest BCUT2D eigenvalue weighted by molar-refractivity contribution is -0.118. The molecule has 0 atom stereocenters. The Bertz CT molecular complexity index is 470. The van der Waals surface area contributed by atoms with Gasteiger partial charge in [-0.05, 0) is 18.6 Å². The maximum Gasteiger partial charge on any atom is 0.228 e. The first-order valence-electron chi connectivity index (χ1n) is 5.32. The zero-order chi connectivity index (χ0) is 12.1. The largest absolute Gasteiger partial charge is 0.299 e. The van der Waals surface area contributed by atoms with Gasteiger partial charge in [-0.3, -0.25) is 14.7 Å². The van der Waals surface area contributed by atoms with Crippen LogP contribution < -0.4 is 4.90 Å². The van der Waals surface area contributed by atoms with Crippen molar-refractivity contribution in [3.8, 4) is 0 Å². The van der Waals surface area contributed by atoms with Gasteiger partial charge >= 0.3 is 0 Å². The fourth-order valence-electron chi connectivity index (χ4n) is 1.45. The van der Waals surface area contributed by atoms with Gasteiger partial charge in [0.05, 0.1) is 5.51 Å². The van der Waals surface area contributed by atoms with E-state index in [1.54, 1.807) is 23.7 Å². The molecule has 0 N–H and O–H groups in total. The molecule has 0 aliphatic carbocycles. The Hall–Kier alpha value is -1.75. The maximum absolute atomic E-state index is 11.9. The van der Waals surface area contributed by atoms with Crippen LogP contribution in [0.4, 0.5) is 5.82 Å². The molecule has 0 spiro atoms. The van der Waals surface area contributed by atoms with Gasteiger partial charge in [0, 0.05) is 30.7 Å². The van der Waals surface area contributed by atoms with Gasteiger partial charge in [-0.1, -0.05) is 6.07 Å². The van der Waals surface area contributed by atoms with E-state index in [-0.39, 0.29) is 5.91 Å². The van der Waals surface area contributed by atoms with Crippen LogP contribution in [0.25, 0.3) is 0 Å². The summed E-state index contributed by atoms with van der Waals surface area (Å²) in [6.07, 6.45) is 2.85. The van der Waals surface area contributed by atoms with Crippen LogP contribution in [0.5, 0.6) is 0 Å². The fraction of sp³-hybridized carbons (Fsp3) is 0.250. The predicted octanol–water partition coefficient (Wildman–Crippen LogP) is 2.13. The molecular formula is C12H13N3OS. The van der Waals surface area contributed by atoms with Crippen molar-refractivity contribution in [2.45, 2.75) is 12.8 Å². The van der Waals surface area contributed by atoms with Crippen LogP contribution in [0.1, 0.15) is 12.1 Å². The van der Waals surface area contributed by atoms with E-state index in [0.29, 0.717) is 18.7 Å². The Morgan fingerprint density at radius 1 is 1.41 bits per heavy atom. The molecule has 2 aromatic rings. The quantitative estimate of drug-likeness (QED) is 0.831. The molecule has 0 aliphatic heterocycles. The number of aryl methyl sites for hydroxylation is 1. The lowest BCUT2D eigenvalue weighted by Gasteiger charge is -2.13. The second kappa shape index (κ2) is 5.54. The number of amides is 1. The zero-order valence-electron chi connectivity index (χ0n) is 9.54. The Morgan fingerprint density at radius 2 is 2.29 bits per heavy atom. The number of carbonyl (C=O) groups excluding carboxylic acids is 1. The summed E-state index contributed by atoms with van der Waals surface area (Å²) >= 11 is 1.48. The van der Waals surface area contributed by atoms with Crippen molar-refractivity contribution in [2.24, 2.45) is 0 Å². The molecular weight excluding hydrogens is 234 g/mol. The monoisotopic (exact) mass is 247 g/mol. The SMILES string of the molecule is CN(C(=O)CCc1ccccn1)c1cscn1. The lowest BCUT2D eigenvalue weighted by Crippen LogP contribution is -2.26. The van der Waals surface area contributed by atoms with Crippen molar-refractivity contribution >= 4 is 23.1 Å².